The highest BCUT2D eigenvalue weighted by molar-refractivity contribution is 5.76. The van der Waals surface area contributed by atoms with E-state index in [4.69, 9.17) is 0 Å². The van der Waals surface area contributed by atoms with Gasteiger partial charge in [0.15, 0.2) is 5.16 Å². The molecule has 0 rings (SSSR count). The molecule has 0 aromatic heterocycles. The molecule has 0 saturated heterocycles. The summed E-state index contributed by atoms with van der Waals surface area (Å²) in [7, 11) is 0. The van der Waals surface area contributed by atoms with Crippen LogP contribution in [0.2, 0.25) is 0 Å². The van der Waals surface area contributed by atoms with Gasteiger partial charge in [0.1, 0.15) is 0 Å². The predicted molar refractivity (Wildman–Crippen MR) is 52.4 cm³/mol. The molecule has 0 aliphatic rings. The van der Waals surface area contributed by atoms with Crippen molar-refractivity contribution >= 4 is 17.9 Å². The Labute approximate surface area is 90.8 Å². The molecule has 0 unspecified atom stereocenters. The van der Waals surface area contributed by atoms with Crippen molar-refractivity contribution in [2.75, 3.05) is 6.61 Å². The molecule has 0 heterocycles. The van der Waals surface area contributed by atoms with Crippen LogP contribution >= 0.6 is 0 Å². The minimum Gasteiger partial charge on any atom is -0.433 e. The maximum atomic E-state index is 10.6. The first kappa shape index (κ1) is 13.8. The number of carbonyl (C=O) groups excluding carboxylic acids is 1. The Morgan fingerprint density at radius 2 is 1.94 bits per heavy atom. The van der Waals surface area contributed by atoms with Gasteiger partial charge in [-0.1, -0.05) is 0 Å². The number of nitrogens with zero attached hydrogens (tertiary/aromatic N) is 3. The van der Waals surface area contributed by atoms with Gasteiger partial charge in [0.05, 0.1) is 13.5 Å². The minimum absolute atomic E-state index is 0.146. The summed E-state index contributed by atoms with van der Waals surface area (Å²) >= 11 is 0. The number of amidine groups is 1. The molecule has 0 bridgehead atoms. The lowest BCUT2D eigenvalue weighted by Crippen LogP contribution is -2.09. The van der Waals surface area contributed by atoms with Crippen LogP contribution in [-0.4, -0.2) is 29.4 Å². The Morgan fingerprint density at radius 3 is 2.44 bits per heavy atom. The van der Waals surface area contributed by atoms with Crippen molar-refractivity contribution in [1.82, 2.24) is 0 Å². The van der Waals surface area contributed by atoms with Crippen molar-refractivity contribution in [3.05, 3.63) is 10.1 Å². The highest BCUT2D eigenvalue weighted by atomic mass is 16.8. The monoisotopic (exact) mass is 233 g/mol. The second-order valence-electron chi connectivity index (χ2n) is 2.37. The van der Waals surface area contributed by atoms with Gasteiger partial charge in [-0.2, -0.15) is 0 Å². The van der Waals surface area contributed by atoms with E-state index in [2.05, 4.69) is 24.7 Å². The fourth-order valence-corrected chi connectivity index (χ4v) is 0.428. The normalized spacial score (nSPS) is 11.9. The second kappa shape index (κ2) is 7.15. The van der Waals surface area contributed by atoms with Gasteiger partial charge in [0, 0.05) is 6.92 Å². The first-order valence-electron chi connectivity index (χ1n) is 4.21. The summed E-state index contributed by atoms with van der Waals surface area (Å²) in [5, 5.41) is 16.4. The summed E-state index contributed by atoms with van der Waals surface area (Å²) in [4.78, 5) is 28.7. The summed E-state index contributed by atoms with van der Waals surface area (Å²) in [6.07, 6.45) is -1.000. The topological polar surface area (TPSA) is 113 Å². The molecule has 0 radical (unpaired) electrons. The lowest BCUT2D eigenvalue weighted by atomic mass is 10.7. The highest BCUT2D eigenvalue weighted by Gasteiger charge is 2.07. The smallest absolute Gasteiger partial charge is 0.433 e. The van der Waals surface area contributed by atoms with Crippen LogP contribution in [-0.2, 0) is 14.4 Å². The third-order valence-corrected chi connectivity index (χ3v) is 1.09. The third kappa shape index (κ3) is 6.29. The zero-order chi connectivity index (χ0) is 12.6. The SMILES string of the molecule is CCOC(=O)O/N=C(/C)O/N=C(/C)[N+](=O)[O-]. The number of ether oxygens (including phenoxy) is 1. The average molecular weight is 233 g/mol. The molecule has 0 saturated carbocycles. The molecule has 0 amide bonds. The Balaban J connectivity index is 4.11. The summed E-state index contributed by atoms with van der Waals surface area (Å²) in [5.41, 5.74) is 0. The van der Waals surface area contributed by atoms with Crippen molar-refractivity contribution in [3.8, 4) is 0 Å². The van der Waals surface area contributed by atoms with E-state index in [0.29, 0.717) is 0 Å². The van der Waals surface area contributed by atoms with Crippen LogP contribution in [0.3, 0.4) is 0 Å². The van der Waals surface area contributed by atoms with Gasteiger partial charge in [-0.3, -0.25) is 4.84 Å². The van der Waals surface area contributed by atoms with Crippen LogP contribution in [0.5, 0.6) is 0 Å². The number of nitro groups is 1. The zero-order valence-corrected chi connectivity index (χ0v) is 9.00. The number of hydrogen-bond acceptors (Lipinski definition) is 8. The lowest BCUT2D eigenvalue weighted by Gasteiger charge is -1.96. The Hall–Kier alpha value is -2.19. The molecule has 9 nitrogen and oxygen atoms in total. The van der Waals surface area contributed by atoms with Gasteiger partial charge < -0.3 is 14.9 Å². The molecule has 0 N–H and O–H groups in total. The number of hydrogen-bond donors (Lipinski definition) is 0. The number of oxime groups is 2. The summed E-state index contributed by atoms with van der Waals surface area (Å²) in [6, 6.07) is 0. The van der Waals surface area contributed by atoms with Gasteiger partial charge >= 0.3 is 12.0 Å². The van der Waals surface area contributed by atoms with Crippen LogP contribution in [0.15, 0.2) is 10.3 Å². The standard InChI is InChI=1S/C7H11N3O6/c1-4-14-7(11)16-9-6(3)15-8-5(2)10(12)13/h4H2,1-3H3/b8-5-,9-6-. The molecule has 90 valence electrons. The largest absolute Gasteiger partial charge is 0.535 e. The van der Waals surface area contributed by atoms with Gasteiger partial charge in [-0.15, -0.1) is 0 Å². The molecule has 0 aliphatic heterocycles. The molecule has 0 atom stereocenters. The molecular formula is C7H11N3O6. The Morgan fingerprint density at radius 1 is 1.31 bits per heavy atom. The van der Waals surface area contributed by atoms with E-state index in [1.165, 1.54) is 6.92 Å². The van der Waals surface area contributed by atoms with Gasteiger partial charge in [-0.25, -0.2) is 9.63 Å². The van der Waals surface area contributed by atoms with Crippen molar-refractivity contribution in [3.63, 3.8) is 0 Å². The van der Waals surface area contributed by atoms with Gasteiger partial charge in [-0.05, 0) is 17.0 Å². The predicted octanol–water partition coefficient (Wildman–Crippen LogP) is 1.12. The van der Waals surface area contributed by atoms with Crippen molar-refractivity contribution in [1.29, 1.82) is 0 Å². The van der Waals surface area contributed by atoms with E-state index >= 15 is 0 Å². The van der Waals surface area contributed by atoms with Crippen LogP contribution in [0.1, 0.15) is 20.8 Å². The number of rotatable bonds is 3. The van der Waals surface area contributed by atoms with E-state index in [0.717, 1.165) is 6.92 Å². The van der Waals surface area contributed by atoms with E-state index < -0.39 is 16.9 Å². The van der Waals surface area contributed by atoms with E-state index in [1.54, 1.807) is 6.92 Å². The van der Waals surface area contributed by atoms with Crippen LogP contribution in [0.25, 0.3) is 0 Å². The third-order valence-electron chi connectivity index (χ3n) is 1.09. The van der Waals surface area contributed by atoms with Crippen LogP contribution < -0.4 is 0 Å². The summed E-state index contributed by atoms with van der Waals surface area (Å²) in [6.45, 7) is 4.18. The van der Waals surface area contributed by atoms with Crippen molar-refractivity contribution in [2.24, 2.45) is 10.3 Å². The van der Waals surface area contributed by atoms with Gasteiger partial charge in [0.2, 0.25) is 0 Å². The quantitative estimate of drug-likeness (QED) is 0.180. The molecule has 16 heavy (non-hydrogen) atoms. The number of carbonyl (C=O) groups is 1. The summed E-state index contributed by atoms with van der Waals surface area (Å²) < 4.78 is 4.39. The molecule has 0 aromatic rings. The molecule has 0 spiro atoms. The molecule has 0 fully saturated rings. The summed E-state index contributed by atoms with van der Waals surface area (Å²) in [5.74, 6) is -0.625. The van der Waals surface area contributed by atoms with Crippen molar-refractivity contribution < 1.29 is 24.1 Å². The van der Waals surface area contributed by atoms with Gasteiger partial charge in [0.25, 0.3) is 5.90 Å². The minimum atomic E-state index is -1.000. The molecule has 9 heteroatoms. The van der Waals surface area contributed by atoms with E-state index in [9.17, 15) is 14.9 Å². The average Bonchev–Trinajstić information content (AvgIpc) is 2.23. The zero-order valence-electron chi connectivity index (χ0n) is 9.00. The maximum absolute atomic E-state index is 10.6. The van der Waals surface area contributed by atoms with Crippen LogP contribution in [0, 0.1) is 10.1 Å². The fraction of sp³-hybridized carbons (Fsp3) is 0.571. The fourth-order valence-electron chi connectivity index (χ4n) is 0.428. The molecule has 0 aliphatic carbocycles. The molecular weight excluding hydrogens is 222 g/mol. The first-order valence-corrected chi connectivity index (χ1v) is 4.21. The lowest BCUT2D eigenvalue weighted by molar-refractivity contribution is -0.353. The second-order valence-corrected chi connectivity index (χ2v) is 2.37. The first-order chi connectivity index (χ1) is 7.47. The maximum Gasteiger partial charge on any atom is 0.535 e. The van der Waals surface area contributed by atoms with E-state index in [-0.39, 0.29) is 12.5 Å². The Kier molecular flexibility index (Phi) is 6.17. The van der Waals surface area contributed by atoms with E-state index in [1.807, 2.05) is 0 Å². The Bertz CT molecular complexity index is 324. The van der Waals surface area contributed by atoms with Crippen LogP contribution in [0.4, 0.5) is 4.79 Å². The highest BCUT2D eigenvalue weighted by Crippen LogP contribution is 1.90. The molecule has 0 aromatic carbocycles. The van der Waals surface area contributed by atoms with Crippen molar-refractivity contribution in [2.45, 2.75) is 20.8 Å².